The Balaban J connectivity index is 2.57. The average molecular weight is 275 g/mol. The third-order valence-corrected chi connectivity index (χ3v) is 2.96. The molecule has 0 aliphatic carbocycles. The van der Waals surface area contributed by atoms with Crippen molar-refractivity contribution in [2.45, 2.75) is 30.7 Å². The van der Waals surface area contributed by atoms with E-state index < -0.39 is 45.1 Å². The van der Waals surface area contributed by atoms with E-state index in [0.717, 1.165) is 0 Å². The SMILES string of the molecule is NOP(=O)(O)OC[C@H]1O[C@H](O)[C@@H](O)[C@@H](O)[C@@H]1O. The second-order valence-corrected chi connectivity index (χ2v) is 4.81. The van der Waals surface area contributed by atoms with Gasteiger partial charge in [-0.15, -0.1) is 0 Å². The van der Waals surface area contributed by atoms with Gasteiger partial charge in [-0.05, 0) is 0 Å². The van der Waals surface area contributed by atoms with Crippen molar-refractivity contribution in [3.8, 4) is 0 Å². The standard InChI is InChI=1S/C6H14NO9P/c7-16-17(12,13)14-1-2-3(8)4(9)5(10)6(11)15-2/h2-6,8-11H,1,7H2,(H,12,13)/t2-,3-,4+,5+,6+/m1/s1. The molecule has 0 amide bonds. The molecule has 0 aromatic rings. The summed E-state index contributed by atoms with van der Waals surface area (Å²) in [6.45, 7) is -0.674. The molecule has 1 aliphatic heterocycles. The maximum atomic E-state index is 10.8. The number of ether oxygens (including phenoxy) is 1. The minimum absolute atomic E-state index is 0.674. The zero-order valence-corrected chi connectivity index (χ0v) is 9.38. The van der Waals surface area contributed by atoms with Crippen LogP contribution in [0.25, 0.3) is 0 Å². The first kappa shape index (κ1) is 14.9. The maximum Gasteiger partial charge on any atom is 0.488 e. The summed E-state index contributed by atoms with van der Waals surface area (Å²) < 4.78 is 23.4. The quantitative estimate of drug-likeness (QED) is 0.226. The fourth-order valence-electron chi connectivity index (χ4n) is 1.27. The van der Waals surface area contributed by atoms with Crippen molar-refractivity contribution in [1.29, 1.82) is 0 Å². The number of rotatable bonds is 4. The van der Waals surface area contributed by atoms with E-state index in [-0.39, 0.29) is 0 Å². The Kier molecular flexibility index (Phi) is 4.98. The molecule has 1 saturated heterocycles. The predicted octanol–water partition coefficient (Wildman–Crippen LogP) is -3.21. The Labute approximate surface area is 95.7 Å². The van der Waals surface area contributed by atoms with Crippen molar-refractivity contribution >= 4 is 7.82 Å². The van der Waals surface area contributed by atoms with E-state index in [4.69, 9.17) is 15.1 Å². The monoisotopic (exact) mass is 275 g/mol. The lowest BCUT2D eigenvalue weighted by Gasteiger charge is -2.38. The van der Waals surface area contributed by atoms with Gasteiger partial charge in [0.15, 0.2) is 6.29 Å². The van der Waals surface area contributed by atoms with Gasteiger partial charge in [0.05, 0.1) is 6.61 Å². The van der Waals surface area contributed by atoms with Crippen LogP contribution in [0.3, 0.4) is 0 Å². The Morgan fingerprint density at radius 1 is 1.18 bits per heavy atom. The number of phosphoric ester groups is 1. The van der Waals surface area contributed by atoms with Crippen molar-refractivity contribution in [2.24, 2.45) is 5.90 Å². The van der Waals surface area contributed by atoms with E-state index in [1.54, 1.807) is 0 Å². The molecule has 6 atom stereocenters. The molecule has 17 heavy (non-hydrogen) atoms. The highest BCUT2D eigenvalue weighted by Gasteiger charge is 2.43. The zero-order valence-electron chi connectivity index (χ0n) is 8.49. The molecule has 0 aromatic carbocycles. The highest BCUT2D eigenvalue weighted by atomic mass is 31.2. The summed E-state index contributed by atoms with van der Waals surface area (Å²) in [5.41, 5.74) is 0. The van der Waals surface area contributed by atoms with Crippen molar-refractivity contribution in [3.63, 3.8) is 0 Å². The van der Waals surface area contributed by atoms with Crippen LogP contribution < -0.4 is 5.90 Å². The number of nitrogens with two attached hydrogens (primary N) is 1. The van der Waals surface area contributed by atoms with Crippen LogP contribution in [-0.4, -0.2) is 62.6 Å². The molecule has 11 heteroatoms. The predicted molar refractivity (Wildman–Crippen MR) is 49.9 cm³/mol. The van der Waals surface area contributed by atoms with Gasteiger partial charge in [0, 0.05) is 0 Å². The first-order chi connectivity index (χ1) is 7.78. The van der Waals surface area contributed by atoms with Crippen LogP contribution in [0.5, 0.6) is 0 Å². The second kappa shape index (κ2) is 5.67. The highest BCUT2D eigenvalue weighted by Crippen LogP contribution is 2.41. The first-order valence-electron chi connectivity index (χ1n) is 4.52. The summed E-state index contributed by atoms with van der Waals surface area (Å²) in [7, 11) is -4.46. The summed E-state index contributed by atoms with van der Waals surface area (Å²) in [6, 6.07) is 0. The van der Waals surface area contributed by atoms with Crippen LogP contribution in [-0.2, 0) is 18.5 Å². The fraction of sp³-hybridized carbons (Fsp3) is 1.00. The molecule has 7 N–H and O–H groups in total. The molecule has 0 bridgehead atoms. The van der Waals surface area contributed by atoms with Gasteiger partial charge in [-0.1, -0.05) is 0 Å². The van der Waals surface area contributed by atoms with Crippen molar-refractivity contribution < 1.29 is 43.8 Å². The molecule has 102 valence electrons. The third kappa shape index (κ3) is 3.66. The normalized spacial score (nSPS) is 42.1. The van der Waals surface area contributed by atoms with E-state index in [0.29, 0.717) is 0 Å². The lowest BCUT2D eigenvalue weighted by Crippen LogP contribution is -2.58. The number of hydrogen-bond donors (Lipinski definition) is 6. The van der Waals surface area contributed by atoms with Gasteiger partial charge in [0.1, 0.15) is 24.4 Å². The molecular weight excluding hydrogens is 261 g/mol. The van der Waals surface area contributed by atoms with Crippen LogP contribution in [0.4, 0.5) is 0 Å². The second-order valence-electron chi connectivity index (χ2n) is 3.41. The number of hydrogen-bond acceptors (Lipinski definition) is 9. The minimum atomic E-state index is -4.46. The van der Waals surface area contributed by atoms with Crippen LogP contribution in [0, 0.1) is 0 Å². The van der Waals surface area contributed by atoms with Crippen LogP contribution in [0.15, 0.2) is 0 Å². The summed E-state index contributed by atoms with van der Waals surface area (Å²) in [5, 5.41) is 37.0. The highest BCUT2D eigenvalue weighted by molar-refractivity contribution is 7.47. The Bertz CT molecular complexity index is 301. The molecule has 1 unspecified atom stereocenters. The van der Waals surface area contributed by atoms with Crippen molar-refractivity contribution in [2.75, 3.05) is 6.61 Å². The van der Waals surface area contributed by atoms with Gasteiger partial charge in [-0.3, -0.25) is 4.52 Å². The Hall–Kier alpha value is -0.130. The van der Waals surface area contributed by atoms with E-state index in [9.17, 15) is 14.8 Å². The van der Waals surface area contributed by atoms with Crippen molar-refractivity contribution in [3.05, 3.63) is 0 Å². The molecule has 10 nitrogen and oxygen atoms in total. The van der Waals surface area contributed by atoms with E-state index in [1.807, 2.05) is 0 Å². The molecular formula is C6H14NO9P. The topological polar surface area (TPSA) is 172 Å². The largest absolute Gasteiger partial charge is 0.488 e. The van der Waals surface area contributed by atoms with E-state index >= 15 is 0 Å². The van der Waals surface area contributed by atoms with E-state index in [2.05, 4.69) is 19.8 Å². The lowest BCUT2D eigenvalue weighted by molar-refractivity contribution is -0.285. The van der Waals surface area contributed by atoms with Gasteiger partial charge in [-0.25, -0.2) is 15.1 Å². The van der Waals surface area contributed by atoms with Gasteiger partial charge in [-0.2, -0.15) is 0 Å². The van der Waals surface area contributed by atoms with Gasteiger partial charge in [0.25, 0.3) is 0 Å². The summed E-state index contributed by atoms with van der Waals surface area (Å²) in [6.07, 6.45) is -8.04. The van der Waals surface area contributed by atoms with Crippen LogP contribution >= 0.6 is 7.82 Å². The van der Waals surface area contributed by atoms with Crippen molar-refractivity contribution in [1.82, 2.24) is 0 Å². The zero-order chi connectivity index (χ0) is 13.2. The Morgan fingerprint density at radius 3 is 2.29 bits per heavy atom. The number of aliphatic hydroxyl groups excluding tert-OH is 4. The minimum Gasteiger partial charge on any atom is -0.387 e. The van der Waals surface area contributed by atoms with Crippen LogP contribution in [0.2, 0.25) is 0 Å². The lowest BCUT2D eigenvalue weighted by atomic mass is 10.00. The molecule has 1 aliphatic rings. The molecule has 0 aromatic heterocycles. The smallest absolute Gasteiger partial charge is 0.387 e. The van der Waals surface area contributed by atoms with Crippen LogP contribution in [0.1, 0.15) is 0 Å². The van der Waals surface area contributed by atoms with Gasteiger partial charge in [0.2, 0.25) is 0 Å². The molecule has 1 heterocycles. The Morgan fingerprint density at radius 2 is 1.76 bits per heavy atom. The average Bonchev–Trinajstić information content (AvgIpc) is 2.29. The first-order valence-corrected chi connectivity index (χ1v) is 6.01. The van der Waals surface area contributed by atoms with Gasteiger partial charge < -0.3 is 30.1 Å². The molecule has 0 spiro atoms. The van der Waals surface area contributed by atoms with Gasteiger partial charge >= 0.3 is 7.82 Å². The summed E-state index contributed by atoms with van der Waals surface area (Å²) in [4.78, 5) is 8.80. The molecule has 1 fully saturated rings. The number of aliphatic hydroxyl groups is 4. The number of phosphoric acid groups is 1. The third-order valence-electron chi connectivity index (χ3n) is 2.22. The van der Waals surface area contributed by atoms with E-state index in [1.165, 1.54) is 0 Å². The maximum absolute atomic E-state index is 10.8. The summed E-state index contributed by atoms with van der Waals surface area (Å²) >= 11 is 0. The molecule has 0 radical (unpaired) electrons. The fourth-order valence-corrected chi connectivity index (χ4v) is 1.66. The molecule has 1 rings (SSSR count). The summed E-state index contributed by atoms with van der Waals surface area (Å²) in [5.74, 6) is 4.45. The molecule has 0 saturated carbocycles.